The van der Waals surface area contributed by atoms with E-state index in [2.05, 4.69) is 0 Å². The number of halogens is 5. The number of carboxylic acids is 1. The summed E-state index contributed by atoms with van der Waals surface area (Å²) in [4.78, 5) is 36.0. The topological polar surface area (TPSA) is 101 Å². The van der Waals surface area contributed by atoms with Gasteiger partial charge in [-0.25, -0.2) is 18.5 Å². The van der Waals surface area contributed by atoms with Crippen LogP contribution in [-0.2, 0) is 11.0 Å². The van der Waals surface area contributed by atoms with Crippen LogP contribution in [-0.4, -0.2) is 26.7 Å². The molecule has 1 atom stereocenters. The molecule has 0 fully saturated rings. The zero-order chi connectivity index (χ0) is 19.8. The van der Waals surface area contributed by atoms with Crippen LogP contribution in [0.1, 0.15) is 12.6 Å². The minimum atomic E-state index is -4.98. The van der Waals surface area contributed by atoms with Crippen molar-refractivity contribution in [3.63, 3.8) is 0 Å². The van der Waals surface area contributed by atoms with Gasteiger partial charge in [0.2, 0.25) is 0 Å². The number of carboxylic acid groups (broad SMARTS) is 1. The number of aromatic nitrogens is 2. The molecule has 1 heterocycles. The molecule has 2 rings (SSSR count). The van der Waals surface area contributed by atoms with Crippen molar-refractivity contribution in [1.29, 1.82) is 0 Å². The number of H-pyrrole nitrogens is 1. The lowest BCUT2D eigenvalue weighted by Crippen LogP contribution is -2.36. The smallest absolute Gasteiger partial charge is 0.431 e. The highest BCUT2D eigenvalue weighted by atomic mass is 35.5. The molecule has 0 saturated heterocycles. The molecule has 7 nitrogen and oxygen atoms in total. The Balaban J connectivity index is 2.64. The van der Waals surface area contributed by atoms with Gasteiger partial charge in [0.25, 0.3) is 5.56 Å². The second-order valence-corrected chi connectivity index (χ2v) is 5.40. The molecule has 0 aliphatic rings. The van der Waals surface area contributed by atoms with E-state index in [0.717, 1.165) is 13.0 Å². The predicted molar refractivity (Wildman–Crippen MR) is 80.4 cm³/mol. The van der Waals surface area contributed by atoms with E-state index < -0.39 is 46.7 Å². The average Bonchev–Trinajstić information content (AvgIpc) is 2.49. The fraction of sp³-hybridized carbons (Fsp3) is 0.214. The van der Waals surface area contributed by atoms with Crippen LogP contribution < -0.4 is 16.0 Å². The van der Waals surface area contributed by atoms with Crippen molar-refractivity contribution < 1.29 is 32.2 Å². The normalized spacial score (nSPS) is 12.7. The molecule has 1 aromatic carbocycles. The highest BCUT2D eigenvalue weighted by Gasteiger charge is 2.33. The lowest BCUT2D eigenvalue weighted by atomic mass is 10.2. The highest BCUT2D eigenvalue weighted by Crippen LogP contribution is 2.30. The number of aromatic amines is 1. The van der Waals surface area contributed by atoms with Crippen LogP contribution in [0, 0.1) is 5.82 Å². The summed E-state index contributed by atoms with van der Waals surface area (Å²) in [6.07, 6.45) is -6.39. The maximum atomic E-state index is 14.1. The number of ether oxygens (including phenoxy) is 1. The highest BCUT2D eigenvalue weighted by molar-refractivity contribution is 6.32. The molecule has 0 aliphatic heterocycles. The summed E-state index contributed by atoms with van der Waals surface area (Å²) in [5.41, 5.74) is -5.38. The number of alkyl halides is 3. The van der Waals surface area contributed by atoms with Gasteiger partial charge in [0, 0.05) is 12.1 Å². The van der Waals surface area contributed by atoms with Gasteiger partial charge in [0.05, 0.1) is 10.7 Å². The molecule has 0 aliphatic carbocycles. The van der Waals surface area contributed by atoms with Crippen molar-refractivity contribution in [3.8, 4) is 11.4 Å². The Labute approximate surface area is 146 Å². The van der Waals surface area contributed by atoms with E-state index in [0.29, 0.717) is 6.07 Å². The summed E-state index contributed by atoms with van der Waals surface area (Å²) in [6.45, 7) is 1.14. The second kappa shape index (κ2) is 6.83. The van der Waals surface area contributed by atoms with E-state index in [1.54, 1.807) is 0 Å². The third-order valence-electron chi connectivity index (χ3n) is 3.13. The molecule has 26 heavy (non-hydrogen) atoms. The summed E-state index contributed by atoms with van der Waals surface area (Å²) >= 11 is 5.72. The van der Waals surface area contributed by atoms with Gasteiger partial charge in [-0.05, 0) is 13.0 Å². The van der Waals surface area contributed by atoms with Crippen molar-refractivity contribution in [2.45, 2.75) is 19.2 Å². The monoisotopic (exact) mass is 396 g/mol. The van der Waals surface area contributed by atoms with Gasteiger partial charge >= 0.3 is 17.8 Å². The summed E-state index contributed by atoms with van der Waals surface area (Å²) in [7, 11) is 0. The Morgan fingerprint density at radius 3 is 2.42 bits per heavy atom. The van der Waals surface area contributed by atoms with Gasteiger partial charge < -0.3 is 14.8 Å². The zero-order valence-electron chi connectivity index (χ0n) is 12.7. The van der Waals surface area contributed by atoms with Crippen LogP contribution in [0.25, 0.3) is 5.69 Å². The van der Waals surface area contributed by atoms with Crippen LogP contribution in [0.2, 0.25) is 5.02 Å². The number of benzene rings is 1. The zero-order valence-corrected chi connectivity index (χ0v) is 13.5. The molecule has 0 amide bonds. The van der Waals surface area contributed by atoms with Gasteiger partial charge in [-0.15, -0.1) is 0 Å². The Morgan fingerprint density at radius 2 is 1.92 bits per heavy atom. The molecular formula is C14H9ClF4N2O5. The molecule has 0 radical (unpaired) electrons. The number of rotatable bonds is 4. The van der Waals surface area contributed by atoms with Crippen LogP contribution in [0.3, 0.4) is 0 Å². The van der Waals surface area contributed by atoms with Gasteiger partial charge in [0.15, 0.2) is 6.10 Å². The molecular weight excluding hydrogens is 388 g/mol. The first kappa shape index (κ1) is 19.5. The first-order valence-electron chi connectivity index (χ1n) is 6.74. The average molecular weight is 397 g/mol. The Morgan fingerprint density at radius 1 is 1.31 bits per heavy atom. The number of aliphatic carboxylic acids is 1. The minimum absolute atomic E-state index is 0.0792. The SMILES string of the molecule is C[C@@H](Oc1cc(-n2c(=O)cc(C(F)(F)F)[nH]c2=O)c(F)cc1Cl)C(=O)O. The van der Waals surface area contributed by atoms with E-state index >= 15 is 0 Å². The lowest BCUT2D eigenvalue weighted by molar-refractivity contribution is -0.144. The van der Waals surface area contributed by atoms with E-state index in [4.69, 9.17) is 21.4 Å². The fourth-order valence-electron chi connectivity index (χ4n) is 1.90. The number of carbonyl (C=O) groups is 1. The molecule has 0 unspecified atom stereocenters. The molecule has 0 saturated carbocycles. The quantitative estimate of drug-likeness (QED) is 0.771. The van der Waals surface area contributed by atoms with E-state index in [-0.39, 0.29) is 21.4 Å². The molecule has 140 valence electrons. The second-order valence-electron chi connectivity index (χ2n) is 4.99. The molecule has 1 aromatic heterocycles. The lowest BCUT2D eigenvalue weighted by Gasteiger charge is -2.14. The van der Waals surface area contributed by atoms with Crippen molar-refractivity contribution in [2.75, 3.05) is 0 Å². The van der Waals surface area contributed by atoms with Crippen molar-refractivity contribution in [2.24, 2.45) is 0 Å². The molecule has 12 heteroatoms. The maximum Gasteiger partial charge on any atom is 0.431 e. The van der Waals surface area contributed by atoms with Crippen LogP contribution >= 0.6 is 11.6 Å². The summed E-state index contributed by atoms with van der Waals surface area (Å²) < 4.78 is 57.0. The standard InChI is InChI=1S/C14H9ClF4N2O5/c1-5(12(23)24)26-9-3-8(7(16)2-6(9)15)21-11(22)4-10(14(17,18)19)20-13(21)25/h2-5H,1H3,(H,20,25)(H,23,24)/t5-/m1/s1. The van der Waals surface area contributed by atoms with E-state index in [9.17, 15) is 31.9 Å². The fourth-order valence-corrected chi connectivity index (χ4v) is 2.09. The van der Waals surface area contributed by atoms with E-state index in [1.807, 2.05) is 0 Å². The van der Waals surface area contributed by atoms with Crippen molar-refractivity contribution >= 4 is 17.6 Å². The molecule has 2 aromatic rings. The van der Waals surface area contributed by atoms with Crippen molar-refractivity contribution in [1.82, 2.24) is 9.55 Å². The molecule has 0 bridgehead atoms. The minimum Gasteiger partial charge on any atom is -0.479 e. The summed E-state index contributed by atoms with van der Waals surface area (Å²) in [6, 6.07) is 1.45. The first-order chi connectivity index (χ1) is 11.9. The Hall–Kier alpha value is -2.82. The molecule has 0 spiro atoms. The Bertz CT molecular complexity index is 952. The number of nitrogens with zero attached hydrogens (tertiary/aromatic N) is 1. The number of nitrogens with one attached hydrogen (secondary N) is 1. The van der Waals surface area contributed by atoms with Crippen LogP contribution in [0.4, 0.5) is 17.6 Å². The third kappa shape index (κ3) is 3.87. The number of hydrogen-bond donors (Lipinski definition) is 2. The van der Waals surface area contributed by atoms with E-state index in [1.165, 1.54) is 4.98 Å². The largest absolute Gasteiger partial charge is 0.479 e. The Kier molecular flexibility index (Phi) is 5.12. The van der Waals surface area contributed by atoms with Gasteiger partial charge in [0.1, 0.15) is 17.3 Å². The predicted octanol–water partition coefficient (Wildman–Crippen LogP) is 2.19. The molecule has 2 N–H and O–H groups in total. The summed E-state index contributed by atoms with van der Waals surface area (Å²) in [5, 5.41) is 8.45. The van der Waals surface area contributed by atoms with Crippen LogP contribution in [0.15, 0.2) is 27.8 Å². The summed E-state index contributed by atoms with van der Waals surface area (Å²) in [5.74, 6) is -2.97. The third-order valence-corrected chi connectivity index (χ3v) is 3.43. The first-order valence-corrected chi connectivity index (χ1v) is 7.12. The maximum absolute atomic E-state index is 14.1. The van der Waals surface area contributed by atoms with Gasteiger partial charge in [-0.1, -0.05) is 11.6 Å². The van der Waals surface area contributed by atoms with Crippen molar-refractivity contribution in [3.05, 3.63) is 55.6 Å². The van der Waals surface area contributed by atoms with Crippen LogP contribution in [0.5, 0.6) is 5.75 Å². The van der Waals surface area contributed by atoms with Gasteiger partial charge in [-0.2, -0.15) is 13.2 Å². The van der Waals surface area contributed by atoms with Gasteiger partial charge in [-0.3, -0.25) is 4.79 Å². The number of hydrogen-bond acceptors (Lipinski definition) is 4.